The highest BCUT2D eigenvalue weighted by molar-refractivity contribution is 6.30. The van der Waals surface area contributed by atoms with Crippen LogP contribution in [0.3, 0.4) is 0 Å². The zero-order valence-corrected chi connectivity index (χ0v) is 8.55. The number of nitrogens with zero attached hydrogens (tertiary/aromatic N) is 1. The van der Waals surface area contributed by atoms with Crippen LogP contribution < -0.4 is 16.3 Å². The highest BCUT2D eigenvalue weighted by Crippen LogP contribution is 2.05. The summed E-state index contributed by atoms with van der Waals surface area (Å²) >= 11 is 5.72. The predicted molar refractivity (Wildman–Crippen MR) is 54.3 cm³/mol. The number of halogens is 1. The molecule has 14 heavy (non-hydrogen) atoms. The Labute approximate surface area is 85.7 Å². The summed E-state index contributed by atoms with van der Waals surface area (Å²) in [7, 11) is 1.46. The fourth-order valence-electron chi connectivity index (χ4n) is 0.926. The van der Waals surface area contributed by atoms with Gasteiger partial charge in [-0.2, -0.15) is 0 Å². The van der Waals surface area contributed by atoms with Crippen LogP contribution in [0.15, 0.2) is 17.1 Å². The topological polar surface area (TPSA) is 63.1 Å². The van der Waals surface area contributed by atoms with Gasteiger partial charge >= 0.3 is 6.03 Å². The lowest BCUT2D eigenvalue weighted by atomic mass is 10.3. The molecule has 1 rings (SSSR count). The number of pyridine rings is 1. The Balaban J connectivity index is 3.09. The van der Waals surface area contributed by atoms with Crippen molar-refractivity contribution in [2.75, 3.05) is 12.5 Å². The predicted octanol–water partition coefficient (Wildman–Crippen LogP) is 0.693. The summed E-state index contributed by atoms with van der Waals surface area (Å²) in [4.78, 5) is 22.4. The molecule has 1 aromatic rings. The normalized spacial score (nSPS) is 9.64. The maximum Gasteiger partial charge on any atom is 0.333 e. The molecule has 1 heterocycles. The standard InChI is InChI=1S/C8H10ClN3O2/c1-5-3-6(9)4-12(7(5)13)11-8(14)10-2/h3-4H,1-2H3,(H2,10,11,14). The van der Waals surface area contributed by atoms with Gasteiger partial charge in [-0.25, -0.2) is 14.9 Å². The van der Waals surface area contributed by atoms with Gasteiger partial charge in [0, 0.05) is 18.8 Å². The smallest absolute Gasteiger partial charge is 0.333 e. The van der Waals surface area contributed by atoms with Gasteiger partial charge in [0.15, 0.2) is 0 Å². The molecule has 0 fully saturated rings. The highest BCUT2D eigenvalue weighted by atomic mass is 35.5. The third-order valence-electron chi connectivity index (χ3n) is 1.61. The Kier molecular flexibility index (Phi) is 3.14. The summed E-state index contributed by atoms with van der Waals surface area (Å²) in [5, 5.41) is 2.71. The Morgan fingerprint density at radius 2 is 2.21 bits per heavy atom. The third kappa shape index (κ3) is 2.26. The lowest BCUT2D eigenvalue weighted by Gasteiger charge is -2.08. The van der Waals surface area contributed by atoms with Crippen LogP contribution in [0, 0.1) is 6.92 Å². The van der Waals surface area contributed by atoms with Crippen molar-refractivity contribution in [2.45, 2.75) is 6.92 Å². The number of nitrogens with one attached hydrogen (secondary N) is 2. The van der Waals surface area contributed by atoms with Crippen molar-refractivity contribution in [3.05, 3.63) is 33.2 Å². The number of amides is 2. The van der Waals surface area contributed by atoms with E-state index in [4.69, 9.17) is 11.6 Å². The van der Waals surface area contributed by atoms with E-state index in [-0.39, 0.29) is 5.56 Å². The van der Waals surface area contributed by atoms with Crippen LogP contribution in [-0.4, -0.2) is 17.8 Å². The average molecular weight is 216 g/mol. The number of hydrogen-bond acceptors (Lipinski definition) is 2. The number of aryl methyl sites for hydroxylation is 1. The summed E-state index contributed by atoms with van der Waals surface area (Å²) < 4.78 is 1.04. The second-order valence-electron chi connectivity index (χ2n) is 2.71. The van der Waals surface area contributed by atoms with E-state index in [1.54, 1.807) is 6.92 Å². The van der Waals surface area contributed by atoms with Gasteiger partial charge in [0.2, 0.25) is 0 Å². The molecule has 2 amide bonds. The van der Waals surface area contributed by atoms with Gasteiger partial charge in [-0.3, -0.25) is 4.79 Å². The van der Waals surface area contributed by atoms with Crippen LogP contribution in [0.1, 0.15) is 5.56 Å². The van der Waals surface area contributed by atoms with Crippen molar-refractivity contribution in [3.8, 4) is 0 Å². The first-order valence-electron chi connectivity index (χ1n) is 3.92. The first-order chi connectivity index (χ1) is 6.54. The minimum absolute atomic E-state index is 0.307. The second kappa shape index (κ2) is 4.15. The summed E-state index contributed by atoms with van der Waals surface area (Å²) in [6, 6.07) is 1.06. The maximum atomic E-state index is 11.4. The number of rotatable bonds is 1. The maximum absolute atomic E-state index is 11.4. The minimum Gasteiger partial charge on any atom is -0.340 e. The fourth-order valence-corrected chi connectivity index (χ4v) is 1.19. The van der Waals surface area contributed by atoms with Gasteiger partial charge in [0.05, 0.1) is 5.02 Å². The van der Waals surface area contributed by atoms with E-state index in [2.05, 4.69) is 10.7 Å². The Hall–Kier alpha value is -1.49. The molecule has 0 aliphatic carbocycles. The van der Waals surface area contributed by atoms with Crippen LogP contribution >= 0.6 is 11.6 Å². The van der Waals surface area contributed by atoms with Crippen molar-refractivity contribution in [1.82, 2.24) is 9.99 Å². The zero-order valence-electron chi connectivity index (χ0n) is 7.80. The number of hydrogen-bond donors (Lipinski definition) is 2. The molecule has 5 nitrogen and oxygen atoms in total. The van der Waals surface area contributed by atoms with Gasteiger partial charge in [-0.05, 0) is 13.0 Å². The van der Waals surface area contributed by atoms with Crippen LogP contribution in [0.4, 0.5) is 4.79 Å². The van der Waals surface area contributed by atoms with Crippen molar-refractivity contribution >= 4 is 17.6 Å². The highest BCUT2D eigenvalue weighted by Gasteiger charge is 2.03. The van der Waals surface area contributed by atoms with E-state index in [1.807, 2.05) is 0 Å². The summed E-state index contributed by atoms with van der Waals surface area (Å²) in [5.74, 6) is 0. The van der Waals surface area contributed by atoms with E-state index in [0.29, 0.717) is 10.6 Å². The Bertz CT molecular complexity index is 414. The van der Waals surface area contributed by atoms with E-state index in [0.717, 1.165) is 4.68 Å². The van der Waals surface area contributed by atoms with Crippen molar-refractivity contribution in [2.24, 2.45) is 0 Å². The van der Waals surface area contributed by atoms with E-state index >= 15 is 0 Å². The van der Waals surface area contributed by atoms with E-state index in [1.165, 1.54) is 19.3 Å². The fraction of sp³-hybridized carbons (Fsp3) is 0.250. The lowest BCUT2D eigenvalue weighted by Crippen LogP contribution is -2.38. The molecule has 0 unspecified atom stereocenters. The second-order valence-corrected chi connectivity index (χ2v) is 3.14. The molecule has 76 valence electrons. The molecule has 0 saturated heterocycles. The largest absolute Gasteiger partial charge is 0.340 e. The van der Waals surface area contributed by atoms with Gasteiger partial charge < -0.3 is 5.32 Å². The SMILES string of the molecule is CNC(=O)Nn1cc(Cl)cc(C)c1=O. The molecule has 0 saturated carbocycles. The van der Waals surface area contributed by atoms with Gasteiger partial charge in [-0.1, -0.05) is 11.6 Å². The average Bonchev–Trinajstić information content (AvgIpc) is 2.13. The summed E-state index contributed by atoms with van der Waals surface area (Å²) in [6.07, 6.45) is 1.34. The first kappa shape index (κ1) is 10.6. The summed E-state index contributed by atoms with van der Waals surface area (Å²) in [6.45, 7) is 1.62. The molecule has 0 aromatic carbocycles. The van der Waals surface area contributed by atoms with Crippen molar-refractivity contribution in [3.63, 3.8) is 0 Å². The van der Waals surface area contributed by atoms with Crippen LogP contribution in [0.5, 0.6) is 0 Å². The van der Waals surface area contributed by atoms with E-state index in [9.17, 15) is 9.59 Å². The minimum atomic E-state index is -0.478. The molecular weight excluding hydrogens is 206 g/mol. The van der Waals surface area contributed by atoms with Gasteiger partial charge in [-0.15, -0.1) is 0 Å². The molecular formula is C8H10ClN3O2. The Morgan fingerprint density at radius 3 is 2.79 bits per heavy atom. The number of carbonyl (C=O) groups excluding carboxylic acids is 1. The molecule has 2 N–H and O–H groups in total. The molecule has 0 atom stereocenters. The number of urea groups is 1. The molecule has 0 radical (unpaired) electrons. The molecule has 0 spiro atoms. The molecule has 6 heteroatoms. The molecule has 0 aliphatic heterocycles. The van der Waals surface area contributed by atoms with Crippen molar-refractivity contribution in [1.29, 1.82) is 0 Å². The number of carbonyl (C=O) groups is 1. The molecule has 1 aromatic heterocycles. The monoisotopic (exact) mass is 215 g/mol. The first-order valence-corrected chi connectivity index (χ1v) is 4.30. The lowest BCUT2D eigenvalue weighted by molar-refractivity contribution is 0.251. The van der Waals surface area contributed by atoms with Gasteiger partial charge in [0.25, 0.3) is 5.56 Å². The van der Waals surface area contributed by atoms with Crippen molar-refractivity contribution < 1.29 is 4.79 Å². The third-order valence-corrected chi connectivity index (χ3v) is 1.82. The van der Waals surface area contributed by atoms with Gasteiger partial charge in [0.1, 0.15) is 0 Å². The summed E-state index contributed by atoms with van der Waals surface area (Å²) in [5.41, 5.74) is 2.47. The van der Waals surface area contributed by atoms with Crippen LogP contribution in [0.25, 0.3) is 0 Å². The Morgan fingerprint density at radius 1 is 1.57 bits per heavy atom. The number of aromatic nitrogens is 1. The molecule has 0 aliphatic rings. The quantitative estimate of drug-likeness (QED) is 0.724. The van der Waals surface area contributed by atoms with Crippen LogP contribution in [-0.2, 0) is 0 Å². The molecule has 0 bridgehead atoms. The zero-order chi connectivity index (χ0) is 10.7. The van der Waals surface area contributed by atoms with Crippen LogP contribution in [0.2, 0.25) is 5.02 Å². The van der Waals surface area contributed by atoms with E-state index < -0.39 is 6.03 Å².